The van der Waals surface area contributed by atoms with E-state index in [9.17, 15) is 8.78 Å². The standard InChI is InChI=1S/C19H31F2N3O3/c1-3-5-10-25-12-13-26-11-9-23-19(22-4-2)24-15-16-7-6-8-17(14-16)27-18(20)21/h6-8,14,18H,3-5,9-13,15H2,1-2H3,(H2,22,23,24). The highest BCUT2D eigenvalue weighted by Gasteiger charge is 2.04. The number of ether oxygens (including phenoxy) is 3. The van der Waals surface area contributed by atoms with Crippen molar-refractivity contribution in [3.8, 4) is 5.75 Å². The lowest BCUT2D eigenvalue weighted by Gasteiger charge is -2.12. The van der Waals surface area contributed by atoms with Crippen LogP contribution < -0.4 is 15.4 Å². The van der Waals surface area contributed by atoms with Crippen molar-refractivity contribution in [1.29, 1.82) is 0 Å². The molecule has 1 rings (SSSR count). The lowest BCUT2D eigenvalue weighted by atomic mass is 10.2. The van der Waals surface area contributed by atoms with Crippen LogP contribution >= 0.6 is 0 Å². The summed E-state index contributed by atoms with van der Waals surface area (Å²) in [6.07, 6.45) is 2.20. The van der Waals surface area contributed by atoms with Crippen molar-refractivity contribution in [3.05, 3.63) is 29.8 Å². The fraction of sp³-hybridized carbons (Fsp3) is 0.632. The molecule has 0 aliphatic carbocycles. The van der Waals surface area contributed by atoms with Crippen molar-refractivity contribution in [1.82, 2.24) is 10.6 Å². The number of benzene rings is 1. The van der Waals surface area contributed by atoms with Crippen molar-refractivity contribution < 1.29 is 23.0 Å². The Hall–Kier alpha value is -1.93. The number of halogens is 2. The summed E-state index contributed by atoms with van der Waals surface area (Å²) in [7, 11) is 0. The Morgan fingerprint density at radius 2 is 1.85 bits per heavy atom. The molecule has 6 nitrogen and oxygen atoms in total. The molecule has 27 heavy (non-hydrogen) atoms. The van der Waals surface area contributed by atoms with E-state index in [1.54, 1.807) is 12.1 Å². The van der Waals surface area contributed by atoms with Crippen LogP contribution in [-0.2, 0) is 16.0 Å². The number of rotatable bonds is 14. The van der Waals surface area contributed by atoms with E-state index < -0.39 is 6.61 Å². The smallest absolute Gasteiger partial charge is 0.387 e. The number of alkyl halides is 2. The monoisotopic (exact) mass is 387 g/mol. The van der Waals surface area contributed by atoms with Gasteiger partial charge < -0.3 is 24.8 Å². The highest BCUT2D eigenvalue weighted by atomic mass is 19.3. The summed E-state index contributed by atoms with van der Waals surface area (Å²) < 4.78 is 39.9. The van der Waals surface area contributed by atoms with E-state index in [0.29, 0.717) is 45.4 Å². The number of nitrogens with one attached hydrogen (secondary N) is 2. The summed E-state index contributed by atoms with van der Waals surface area (Å²) in [5, 5.41) is 6.30. The van der Waals surface area contributed by atoms with Gasteiger partial charge in [0.15, 0.2) is 5.96 Å². The van der Waals surface area contributed by atoms with Crippen molar-refractivity contribution >= 4 is 5.96 Å². The molecular weight excluding hydrogens is 356 g/mol. The summed E-state index contributed by atoms with van der Waals surface area (Å²) in [5.41, 5.74) is 0.783. The maximum atomic E-state index is 12.3. The Morgan fingerprint density at radius 1 is 1.07 bits per heavy atom. The fourth-order valence-electron chi connectivity index (χ4n) is 2.14. The second-order valence-corrected chi connectivity index (χ2v) is 5.73. The molecule has 8 heteroatoms. The first-order chi connectivity index (χ1) is 13.2. The molecule has 0 amide bonds. The molecule has 0 aromatic heterocycles. The van der Waals surface area contributed by atoms with Gasteiger partial charge in [0.1, 0.15) is 5.75 Å². The average Bonchev–Trinajstić information content (AvgIpc) is 2.64. The van der Waals surface area contributed by atoms with Gasteiger partial charge in [-0.05, 0) is 31.0 Å². The number of aliphatic imine (C=N–C) groups is 1. The number of unbranched alkanes of at least 4 members (excludes halogenated alkanes) is 1. The van der Waals surface area contributed by atoms with Gasteiger partial charge in [0.05, 0.1) is 26.4 Å². The molecular formula is C19H31F2N3O3. The van der Waals surface area contributed by atoms with Gasteiger partial charge in [0, 0.05) is 19.7 Å². The zero-order valence-corrected chi connectivity index (χ0v) is 16.2. The van der Waals surface area contributed by atoms with Gasteiger partial charge >= 0.3 is 6.61 Å². The van der Waals surface area contributed by atoms with Crippen LogP contribution in [0.5, 0.6) is 5.75 Å². The van der Waals surface area contributed by atoms with Crippen LogP contribution in [0.2, 0.25) is 0 Å². The minimum Gasteiger partial charge on any atom is -0.435 e. The largest absolute Gasteiger partial charge is 0.435 e. The van der Waals surface area contributed by atoms with Gasteiger partial charge in [-0.3, -0.25) is 0 Å². The Morgan fingerprint density at radius 3 is 2.56 bits per heavy atom. The zero-order chi connectivity index (χ0) is 19.7. The predicted octanol–water partition coefficient (Wildman–Crippen LogP) is 3.18. The minimum absolute atomic E-state index is 0.130. The molecule has 0 saturated heterocycles. The first kappa shape index (κ1) is 23.1. The topological polar surface area (TPSA) is 64.1 Å². The van der Waals surface area contributed by atoms with Gasteiger partial charge in [-0.15, -0.1) is 0 Å². The molecule has 0 heterocycles. The summed E-state index contributed by atoms with van der Waals surface area (Å²) in [5.74, 6) is 0.769. The quantitative estimate of drug-likeness (QED) is 0.292. The Balaban J connectivity index is 2.31. The molecule has 1 aromatic carbocycles. The van der Waals surface area contributed by atoms with Crippen molar-refractivity contribution in [2.45, 2.75) is 39.8 Å². The summed E-state index contributed by atoms with van der Waals surface area (Å²) in [6.45, 7) is 5.42. The summed E-state index contributed by atoms with van der Waals surface area (Å²) in [4.78, 5) is 4.44. The third-order valence-electron chi connectivity index (χ3n) is 3.44. The van der Waals surface area contributed by atoms with E-state index in [2.05, 4.69) is 27.3 Å². The molecule has 0 aliphatic rings. The van der Waals surface area contributed by atoms with E-state index >= 15 is 0 Å². The van der Waals surface area contributed by atoms with Crippen LogP contribution in [0, 0.1) is 0 Å². The number of hydrogen-bond donors (Lipinski definition) is 2. The van der Waals surface area contributed by atoms with Gasteiger partial charge in [0.2, 0.25) is 0 Å². The minimum atomic E-state index is -2.83. The molecule has 0 bridgehead atoms. The van der Waals surface area contributed by atoms with Gasteiger partial charge in [-0.25, -0.2) is 4.99 Å². The van der Waals surface area contributed by atoms with E-state index in [-0.39, 0.29) is 5.75 Å². The molecule has 0 radical (unpaired) electrons. The van der Waals surface area contributed by atoms with Gasteiger partial charge in [-0.2, -0.15) is 8.78 Å². The van der Waals surface area contributed by atoms with E-state index in [1.165, 1.54) is 6.07 Å². The molecule has 0 spiro atoms. The molecule has 2 N–H and O–H groups in total. The number of nitrogens with zero attached hydrogens (tertiary/aromatic N) is 1. The first-order valence-corrected chi connectivity index (χ1v) is 9.37. The predicted molar refractivity (Wildman–Crippen MR) is 102 cm³/mol. The highest BCUT2D eigenvalue weighted by Crippen LogP contribution is 2.16. The van der Waals surface area contributed by atoms with Crippen molar-refractivity contribution in [2.24, 2.45) is 4.99 Å². The summed E-state index contributed by atoms with van der Waals surface area (Å²) in [6, 6.07) is 6.53. The van der Waals surface area contributed by atoms with Gasteiger partial charge in [0.25, 0.3) is 0 Å². The van der Waals surface area contributed by atoms with Crippen LogP contribution in [0.3, 0.4) is 0 Å². The third kappa shape index (κ3) is 12.1. The number of hydrogen-bond acceptors (Lipinski definition) is 4. The van der Waals surface area contributed by atoms with E-state index in [4.69, 9.17) is 9.47 Å². The molecule has 1 aromatic rings. The van der Waals surface area contributed by atoms with E-state index in [0.717, 1.165) is 25.0 Å². The van der Waals surface area contributed by atoms with E-state index in [1.807, 2.05) is 13.0 Å². The molecule has 0 atom stereocenters. The lowest BCUT2D eigenvalue weighted by molar-refractivity contribution is -0.0498. The van der Waals surface area contributed by atoms with Crippen LogP contribution in [0.1, 0.15) is 32.3 Å². The van der Waals surface area contributed by atoms with Crippen LogP contribution in [-0.4, -0.2) is 52.1 Å². The molecule has 154 valence electrons. The molecule has 0 aliphatic heterocycles. The maximum Gasteiger partial charge on any atom is 0.387 e. The van der Waals surface area contributed by atoms with Crippen LogP contribution in [0.25, 0.3) is 0 Å². The second kappa shape index (κ2) is 15.2. The highest BCUT2D eigenvalue weighted by molar-refractivity contribution is 5.79. The molecule has 0 fully saturated rings. The molecule has 0 unspecified atom stereocenters. The third-order valence-corrected chi connectivity index (χ3v) is 3.44. The Bertz CT molecular complexity index is 531. The SMILES string of the molecule is CCCCOCCOCCNC(=NCc1cccc(OC(F)F)c1)NCC. The van der Waals surface area contributed by atoms with Gasteiger partial charge in [-0.1, -0.05) is 25.5 Å². The first-order valence-electron chi connectivity index (χ1n) is 9.37. The Kier molecular flexibility index (Phi) is 13.0. The summed E-state index contributed by atoms with van der Waals surface area (Å²) >= 11 is 0. The number of guanidine groups is 1. The van der Waals surface area contributed by atoms with Crippen molar-refractivity contribution in [2.75, 3.05) is 39.5 Å². The lowest BCUT2D eigenvalue weighted by Crippen LogP contribution is -2.39. The maximum absolute atomic E-state index is 12.3. The average molecular weight is 387 g/mol. The second-order valence-electron chi connectivity index (χ2n) is 5.73. The van der Waals surface area contributed by atoms with Crippen molar-refractivity contribution in [3.63, 3.8) is 0 Å². The fourth-order valence-corrected chi connectivity index (χ4v) is 2.14. The molecule has 0 saturated carbocycles. The zero-order valence-electron chi connectivity index (χ0n) is 16.2. The normalized spacial score (nSPS) is 11.7. The Labute approximate surface area is 160 Å². The van der Waals surface area contributed by atoms with Crippen LogP contribution in [0.4, 0.5) is 8.78 Å². The van der Waals surface area contributed by atoms with Crippen LogP contribution in [0.15, 0.2) is 29.3 Å².